The number of rotatable bonds is 8. The van der Waals surface area contributed by atoms with Crippen LogP contribution in [0.4, 0.5) is 28.8 Å². The van der Waals surface area contributed by atoms with Gasteiger partial charge in [0, 0.05) is 61.9 Å². The van der Waals surface area contributed by atoms with Crippen LogP contribution in [0.2, 0.25) is 0 Å². The fourth-order valence-electron chi connectivity index (χ4n) is 5.21. The smallest absolute Gasteiger partial charge is 0.269 e. The molecule has 1 fully saturated rings. The maximum atomic E-state index is 13.7. The summed E-state index contributed by atoms with van der Waals surface area (Å²) in [6, 6.07) is 22.6. The van der Waals surface area contributed by atoms with Crippen molar-refractivity contribution in [2.75, 3.05) is 41.7 Å². The van der Waals surface area contributed by atoms with Gasteiger partial charge in [-0.2, -0.15) is 9.97 Å². The lowest BCUT2D eigenvalue weighted by atomic mass is 10.2. The summed E-state index contributed by atoms with van der Waals surface area (Å²) in [6.45, 7) is 6.30. The van der Waals surface area contributed by atoms with Crippen molar-refractivity contribution in [3.05, 3.63) is 96.2 Å². The predicted octanol–water partition coefficient (Wildman–Crippen LogP) is 4.23. The molecule has 12 nitrogen and oxygen atoms in total. The van der Waals surface area contributed by atoms with E-state index in [-0.39, 0.29) is 22.4 Å². The third-order valence-corrected chi connectivity index (χ3v) is 9.39. The maximum absolute atomic E-state index is 13.7. The molecular formula is C32H32N8O4S. The number of nitrogens with two attached hydrogens (primary N) is 1. The standard InChI is InChI=1S/C32H32N8O4S/c1-21-6-12-27(13-7-21)45(43,44)40-15-14-28-30(34-25-5-3-4-23(20-25)29(33)42)36-32(37-31(28)40)35-24-8-10-26(11-9-24)39-18-16-38(17-19-39)22(2)41/h3-15,20H,16-19H2,1-2H3,(H2,33,42)(H2,34,35,36,37). The van der Waals surface area contributed by atoms with E-state index in [1.54, 1.807) is 61.5 Å². The Morgan fingerprint density at radius 2 is 1.56 bits per heavy atom. The minimum Gasteiger partial charge on any atom is -0.368 e. The Hall–Kier alpha value is -5.43. The summed E-state index contributed by atoms with van der Waals surface area (Å²) in [5, 5.41) is 6.87. The van der Waals surface area contributed by atoms with Crippen molar-refractivity contribution in [1.82, 2.24) is 18.8 Å². The van der Waals surface area contributed by atoms with Crippen LogP contribution in [0.1, 0.15) is 22.8 Å². The molecule has 0 saturated carbocycles. The van der Waals surface area contributed by atoms with Crippen molar-refractivity contribution in [3.63, 3.8) is 0 Å². The van der Waals surface area contributed by atoms with Crippen molar-refractivity contribution in [2.24, 2.45) is 5.73 Å². The first-order valence-corrected chi connectivity index (χ1v) is 15.8. The maximum Gasteiger partial charge on any atom is 0.269 e. The van der Waals surface area contributed by atoms with Gasteiger partial charge in [-0.15, -0.1) is 0 Å². The summed E-state index contributed by atoms with van der Waals surface area (Å²) in [6.07, 6.45) is 1.45. The van der Waals surface area contributed by atoms with Gasteiger partial charge in [-0.05, 0) is 67.6 Å². The van der Waals surface area contributed by atoms with E-state index in [0.29, 0.717) is 41.2 Å². The highest BCUT2D eigenvalue weighted by atomic mass is 32.2. The number of aromatic nitrogens is 3. The lowest BCUT2D eigenvalue weighted by Gasteiger charge is -2.35. The van der Waals surface area contributed by atoms with Gasteiger partial charge in [0.1, 0.15) is 5.82 Å². The highest BCUT2D eigenvalue weighted by molar-refractivity contribution is 7.90. The van der Waals surface area contributed by atoms with Crippen LogP contribution in [0, 0.1) is 6.92 Å². The predicted molar refractivity (Wildman–Crippen MR) is 174 cm³/mol. The number of anilines is 5. The number of fused-ring (bicyclic) bond motifs is 1. The number of piperazine rings is 1. The quantitative estimate of drug-likeness (QED) is 0.230. The van der Waals surface area contributed by atoms with Crippen LogP contribution in [-0.4, -0.2) is 65.3 Å². The third kappa shape index (κ3) is 6.15. The Morgan fingerprint density at radius 3 is 2.22 bits per heavy atom. The van der Waals surface area contributed by atoms with E-state index in [0.717, 1.165) is 28.3 Å². The molecule has 3 heterocycles. The number of benzene rings is 3. The molecule has 1 aliphatic rings. The van der Waals surface area contributed by atoms with E-state index >= 15 is 0 Å². The van der Waals surface area contributed by atoms with Crippen LogP contribution in [0.5, 0.6) is 0 Å². The number of primary amides is 1. The number of amides is 2. The van der Waals surface area contributed by atoms with Gasteiger partial charge in [-0.3, -0.25) is 9.59 Å². The van der Waals surface area contributed by atoms with Crippen LogP contribution in [-0.2, 0) is 14.8 Å². The van der Waals surface area contributed by atoms with E-state index in [9.17, 15) is 18.0 Å². The molecule has 45 heavy (non-hydrogen) atoms. The van der Waals surface area contributed by atoms with E-state index in [2.05, 4.69) is 25.5 Å². The lowest BCUT2D eigenvalue weighted by molar-refractivity contribution is -0.129. The van der Waals surface area contributed by atoms with Gasteiger partial charge in [-0.25, -0.2) is 12.4 Å². The molecule has 2 amide bonds. The monoisotopic (exact) mass is 624 g/mol. The first-order chi connectivity index (χ1) is 21.6. The summed E-state index contributed by atoms with van der Waals surface area (Å²) >= 11 is 0. The summed E-state index contributed by atoms with van der Waals surface area (Å²) in [5.41, 5.74) is 9.16. The van der Waals surface area contributed by atoms with Crippen LogP contribution in [0.3, 0.4) is 0 Å². The highest BCUT2D eigenvalue weighted by Gasteiger charge is 2.23. The molecule has 1 saturated heterocycles. The van der Waals surface area contributed by atoms with E-state index in [1.807, 2.05) is 36.1 Å². The lowest BCUT2D eigenvalue weighted by Crippen LogP contribution is -2.48. The number of hydrogen-bond donors (Lipinski definition) is 3. The van der Waals surface area contributed by atoms with E-state index in [1.165, 1.54) is 6.20 Å². The number of hydrogen-bond acceptors (Lipinski definition) is 9. The van der Waals surface area contributed by atoms with Gasteiger partial charge in [0.2, 0.25) is 17.8 Å². The summed E-state index contributed by atoms with van der Waals surface area (Å²) in [5.74, 6) is 0.00615. The summed E-state index contributed by atoms with van der Waals surface area (Å²) in [7, 11) is -3.98. The van der Waals surface area contributed by atoms with Gasteiger partial charge in [0.05, 0.1) is 10.3 Å². The Bertz CT molecular complexity index is 2000. The summed E-state index contributed by atoms with van der Waals surface area (Å²) < 4.78 is 28.6. The molecule has 5 aromatic rings. The number of carbonyl (C=O) groups is 2. The Labute approximate surface area is 260 Å². The first-order valence-electron chi connectivity index (χ1n) is 14.3. The second-order valence-electron chi connectivity index (χ2n) is 10.8. The Kier molecular flexibility index (Phi) is 7.85. The number of carbonyl (C=O) groups excluding carboxylic acids is 2. The molecule has 6 rings (SSSR count). The molecule has 0 radical (unpaired) electrons. The van der Waals surface area contributed by atoms with Gasteiger partial charge in [0.15, 0.2) is 5.65 Å². The van der Waals surface area contributed by atoms with Crippen molar-refractivity contribution >= 4 is 61.7 Å². The minimum absolute atomic E-state index is 0.0819. The van der Waals surface area contributed by atoms with Crippen LogP contribution in [0.25, 0.3) is 11.0 Å². The number of nitrogens with one attached hydrogen (secondary N) is 2. The zero-order valence-electron chi connectivity index (χ0n) is 24.8. The average molecular weight is 625 g/mol. The van der Waals surface area contributed by atoms with Crippen molar-refractivity contribution < 1.29 is 18.0 Å². The van der Waals surface area contributed by atoms with Crippen LogP contribution >= 0.6 is 0 Å². The topological polar surface area (TPSA) is 156 Å². The van der Waals surface area contributed by atoms with Gasteiger partial charge >= 0.3 is 0 Å². The molecule has 0 aliphatic carbocycles. The minimum atomic E-state index is -3.98. The summed E-state index contributed by atoms with van der Waals surface area (Å²) in [4.78, 5) is 36.9. The molecule has 4 N–H and O–H groups in total. The molecule has 230 valence electrons. The fraction of sp³-hybridized carbons (Fsp3) is 0.188. The number of nitrogens with zero attached hydrogens (tertiary/aromatic N) is 5. The van der Waals surface area contributed by atoms with Crippen LogP contribution < -0.4 is 21.3 Å². The second kappa shape index (κ2) is 11.9. The van der Waals surface area contributed by atoms with Crippen molar-refractivity contribution in [3.8, 4) is 0 Å². The second-order valence-corrected chi connectivity index (χ2v) is 12.6. The first kappa shape index (κ1) is 29.6. The average Bonchev–Trinajstić information content (AvgIpc) is 3.47. The normalized spacial score (nSPS) is 13.6. The Balaban J connectivity index is 1.35. The van der Waals surface area contributed by atoms with E-state index < -0.39 is 15.9 Å². The highest BCUT2D eigenvalue weighted by Crippen LogP contribution is 2.30. The van der Waals surface area contributed by atoms with Crippen LogP contribution in [0.15, 0.2) is 90.0 Å². The fourth-order valence-corrected chi connectivity index (χ4v) is 6.51. The molecular weight excluding hydrogens is 592 g/mol. The zero-order valence-corrected chi connectivity index (χ0v) is 25.6. The molecule has 13 heteroatoms. The SMILES string of the molecule is CC(=O)N1CCN(c2ccc(Nc3nc(Nc4cccc(C(N)=O)c4)c4ccn(S(=O)(=O)c5ccc(C)cc5)c4n3)cc2)CC1. The zero-order chi connectivity index (χ0) is 31.7. The molecule has 3 aromatic carbocycles. The van der Waals surface area contributed by atoms with E-state index in [4.69, 9.17) is 5.73 Å². The molecule has 0 bridgehead atoms. The number of aryl methyl sites for hydroxylation is 1. The van der Waals surface area contributed by atoms with Crippen molar-refractivity contribution in [1.29, 1.82) is 0 Å². The molecule has 1 aliphatic heterocycles. The molecule has 0 unspecified atom stereocenters. The van der Waals surface area contributed by atoms with Gasteiger partial charge < -0.3 is 26.2 Å². The largest absolute Gasteiger partial charge is 0.368 e. The third-order valence-electron chi connectivity index (χ3n) is 7.71. The molecule has 2 aromatic heterocycles. The van der Waals surface area contributed by atoms with Gasteiger partial charge in [0.25, 0.3) is 10.0 Å². The Morgan fingerprint density at radius 1 is 0.844 bits per heavy atom. The molecule has 0 spiro atoms. The molecule has 0 atom stereocenters. The van der Waals surface area contributed by atoms with Crippen molar-refractivity contribution in [2.45, 2.75) is 18.7 Å². The van der Waals surface area contributed by atoms with Gasteiger partial charge in [-0.1, -0.05) is 23.8 Å².